The molecule has 0 saturated heterocycles. The summed E-state index contributed by atoms with van der Waals surface area (Å²) in [7, 11) is 0. The van der Waals surface area contributed by atoms with Gasteiger partial charge in [-0.3, -0.25) is 0 Å². The van der Waals surface area contributed by atoms with Crippen LogP contribution < -0.4 is 0 Å². The second-order valence-corrected chi connectivity index (χ2v) is 0. The molecule has 7 heavy (non-hydrogen) atoms. The Bertz CT molecular complexity index is 21.8. The molecule has 0 heterocycles. The van der Waals surface area contributed by atoms with Gasteiger partial charge < -0.3 is 2.85 Å². The van der Waals surface area contributed by atoms with Crippen molar-refractivity contribution in [3.8, 4) is 0 Å². The van der Waals surface area contributed by atoms with Crippen molar-refractivity contribution in [1.82, 2.24) is 0 Å². The Hall–Kier alpha value is 4.02. The molecule has 44 valence electrons. The Morgan fingerprint density at radius 1 is 0.857 bits per heavy atom. The molecule has 0 aromatic heterocycles. The van der Waals surface area contributed by atoms with Crippen molar-refractivity contribution in [2.45, 2.75) is 0 Å². The van der Waals surface area contributed by atoms with Gasteiger partial charge in [0.2, 0.25) is 0 Å². The van der Waals surface area contributed by atoms with E-state index in [-0.39, 0.29) is 139 Å². The van der Waals surface area contributed by atoms with Gasteiger partial charge in [-0.25, -0.2) is 0 Å². The minimum Gasteiger partial charge on any atom is -1.00 e. The van der Waals surface area contributed by atoms with Gasteiger partial charge in [-0.15, -0.1) is 61.2 Å². The Morgan fingerprint density at radius 3 is 0.857 bits per heavy atom. The van der Waals surface area contributed by atoms with Gasteiger partial charge in [0.05, 0.1) is 0 Å². The van der Waals surface area contributed by atoms with Gasteiger partial charge in [-0.05, 0) is 0 Å². The molecule has 0 aromatic rings. The molecule has 0 unspecified atom stereocenters. The van der Waals surface area contributed by atoms with Crippen molar-refractivity contribution in [2.24, 2.45) is 0 Å². The van der Waals surface area contributed by atoms with Crippen molar-refractivity contribution in [1.29, 1.82) is 0 Å². The number of rotatable bonds is 0. The molecule has 0 bridgehead atoms. The van der Waals surface area contributed by atoms with Crippen LogP contribution >= 0.6 is 61.2 Å². The van der Waals surface area contributed by atoms with E-state index in [2.05, 4.69) is 0 Å². The predicted molar refractivity (Wildman–Crippen MR) is 55.1 cm³/mol. The van der Waals surface area contributed by atoms with Crippen LogP contribution in [0.2, 0.25) is 0 Å². The van der Waals surface area contributed by atoms with Gasteiger partial charge in [-0.2, -0.15) is 0 Å². The fourth-order valence-corrected chi connectivity index (χ4v) is 0. The van der Waals surface area contributed by atoms with Crippen LogP contribution in [0.1, 0.15) is 2.85 Å². The van der Waals surface area contributed by atoms with E-state index >= 15 is 0 Å². The van der Waals surface area contributed by atoms with Crippen molar-refractivity contribution in [2.75, 3.05) is 0 Å². The molecule has 0 N–H and O–H groups in total. The maximum Gasteiger partial charge on any atom is 2.00 e. The van der Waals surface area contributed by atoms with Crippen molar-refractivity contribution in [3.63, 3.8) is 0 Å². The first-order valence-corrected chi connectivity index (χ1v) is 0. The van der Waals surface area contributed by atoms with Crippen LogP contribution in [0.5, 0.6) is 0 Å². The van der Waals surface area contributed by atoms with E-state index < -0.39 is 0 Å². The third kappa shape index (κ3) is 39.9. The molecule has 0 aromatic carbocycles. The van der Waals surface area contributed by atoms with Crippen LogP contribution in [0.4, 0.5) is 0 Å². The molecule has 0 amide bonds. The van der Waals surface area contributed by atoms with Crippen molar-refractivity contribution < 1.29 is 22.3 Å². The zero-order chi connectivity index (χ0) is 0. The van der Waals surface area contributed by atoms with Crippen LogP contribution in [0.15, 0.2) is 0 Å². The number of hydrogen-bond donors (Lipinski definition) is 0. The van der Waals surface area contributed by atoms with Gasteiger partial charge in [0.15, 0.2) is 17.4 Å². The van der Waals surface area contributed by atoms with Crippen molar-refractivity contribution in [3.05, 3.63) is 0 Å². The molecule has 0 spiro atoms. The minimum absolute atomic E-state index is 0. The fourth-order valence-electron chi connectivity index (χ4n) is 0. The molecule has 0 saturated carbocycles. The van der Waals surface area contributed by atoms with Crippen LogP contribution in [0.3, 0.4) is 0 Å². The first kappa shape index (κ1) is 68.5. The van der Waals surface area contributed by atoms with Gasteiger partial charge in [0.1, 0.15) is 0 Å². The molecule has 7 heteroatoms. The molecule has 0 atom stereocenters. The van der Waals surface area contributed by atoms with E-state index in [0.717, 1.165) is 0 Å². The normalized spacial score (nSPS) is 0. The molecule has 0 aliphatic carbocycles. The van der Waals surface area contributed by atoms with Gasteiger partial charge in [-0.1, -0.05) is 0 Å². The van der Waals surface area contributed by atoms with Crippen LogP contribution in [-0.2, 0) is 19.5 Å². The average Bonchev–Trinajstić information content (AvgIpc) is 0. The molecular formula is H9AlCaCl3IZn. The SMILES string of the molecule is Cl.Cl.Cl.I.[AlH3].[Ca+2].[H-].[H-].[Zn]. The second-order valence-electron chi connectivity index (χ2n) is 0. The molecule has 0 rings (SSSR count). The topological polar surface area (TPSA) is 0 Å². The standard InChI is InChI=1S/Al.Ca.3ClH.HI.Zn.5H/h;;4*1H;;;;;;/q;+2;;;;;;;;;2*-1. The predicted octanol–water partition coefficient (Wildman–Crippen LogP) is 0.541. The summed E-state index contributed by atoms with van der Waals surface area (Å²) in [4.78, 5) is 0. The summed E-state index contributed by atoms with van der Waals surface area (Å²) in [6.45, 7) is 0. The molecular weight excluding hydrogens is 366 g/mol. The van der Waals surface area contributed by atoms with E-state index in [0.29, 0.717) is 0 Å². The van der Waals surface area contributed by atoms with E-state index in [1.165, 1.54) is 0 Å². The summed E-state index contributed by atoms with van der Waals surface area (Å²) in [5.74, 6) is 0. The van der Waals surface area contributed by atoms with E-state index in [1.54, 1.807) is 0 Å². The fraction of sp³-hybridized carbons (Fsp3) is 0. The van der Waals surface area contributed by atoms with Crippen molar-refractivity contribution >= 4 is 116 Å². The summed E-state index contributed by atoms with van der Waals surface area (Å²) in [6, 6.07) is 0. The molecule has 0 aliphatic rings. The molecule has 0 nitrogen and oxygen atoms in total. The average molecular weight is 375 g/mol. The summed E-state index contributed by atoms with van der Waals surface area (Å²) < 4.78 is 0. The van der Waals surface area contributed by atoms with Crippen LogP contribution in [0, 0.1) is 0 Å². The van der Waals surface area contributed by atoms with Gasteiger partial charge in [0.25, 0.3) is 0 Å². The molecule has 0 fully saturated rings. The zero-order valence-electron chi connectivity index (χ0n) is 5.05. The van der Waals surface area contributed by atoms with Crippen LogP contribution in [0.25, 0.3) is 0 Å². The first-order valence-electron chi connectivity index (χ1n) is 0. The third-order valence-corrected chi connectivity index (χ3v) is 0. The van der Waals surface area contributed by atoms with Crippen LogP contribution in [-0.4, -0.2) is 55.1 Å². The Balaban J connectivity index is 0. The molecule has 0 radical (unpaired) electrons. The largest absolute Gasteiger partial charge is 2.00 e. The monoisotopic (exact) mass is 372 g/mol. The number of halogens is 4. The maximum absolute atomic E-state index is 0. The zero-order valence-corrected chi connectivity index (χ0v) is 13.0. The Morgan fingerprint density at radius 2 is 0.857 bits per heavy atom. The minimum atomic E-state index is 0. The van der Waals surface area contributed by atoms with Gasteiger partial charge >= 0.3 is 37.7 Å². The summed E-state index contributed by atoms with van der Waals surface area (Å²) >= 11 is 0. The molecule has 0 aliphatic heterocycles. The van der Waals surface area contributed by atoms with E-state index in [4.69, 9.17) is 0 Å². The summed E-state index contributed by atoms with van der Waals surface area (Å²) in [5, 5.41) is 0. The quantitative estimate of drug-likeness (QED) is 0.429. The summed E-state index contributed by atoms with van der Waals surface area (Å²) in [6.07, 6.45) is 0. The Labute approximate surface area is 136 Å². The smallest absolute Gasteiger partial charge is 1.00 e. The van der Waals surface area contributed by atoms with Gasteiger partial charge in [0, 0.05) is 19.5 Å². The van der Waals surface area contributed by atoms with E-state index in [1.807, 2.05) is 0 Å². The third-order valence-electron chi connectivity index (χ3n) is 0. The second kappa shape index (κ2) is 50.5. The summed E-state index contributed by atoms with van der Waals surface area (Å²) in [5.41, 5.74) is 0. The number of hydrogen-bond acceptors (Lipinski definition) is 0. The first-order chi connectivity index (χ1) is 0. The maximum atomic E-state index is 0. The van der Waals surface area contributed by atoms with E-state index in [9.17, 15) is 0 Å². The Kier molecular flexibility index (Phi) is 494.